The lowest BCUT2D eigenvalue weighted by molar-refractivity contribution is -0.255. The largest absolute Gasteiger partial charge is 0.545 e. The van der Waals surface area contributed by atoms with Crippen molar-refractivity contribution in [3.8, 4) is 5.88 Å². The van der Waals surface area contributed by atoms with Crippen molar-refractivity contribution in [3.63, 3.8) is 0 Å². The van der Waals surface area contributed by atoms with Gasteiger partial charge in [-0.25, -0.2) is 0 Å². The molecule has 0 saturated heterocycles. The van der Waals surface area contributed by atoms with E-state index in [0.717, 1.165) is 11.5 Å². The van der Waals surface area contributed by atoms with Crippen LogP contribution in [0.25, 0.3) is 0 Å². The normalized spacial score (nSPS) is 9.60. The topological polar surface area (TPSA) is 76.2 Å². The van der Waals surface area contributed by atoms with Crippen LogP contribution in [0.5, 0.6) is 5.88 Å². The molecule has 0 aliphatic heterocycles. The molecule has 0 aliphatic carbocycles. The second kappa shape index (κ2) is 2.39. The highest BCUT2D eigenvalue weighted by atomic mass is 32.2. The van der Waals surface area contributed by atoms with Gasteiger partial charge in [0.1, 0.15) is 3.82 Å². The Kier molecular flexibility index (Phi) is 1.73. The summed E-state index contributed by atoms with van der Waals surface area (Å²) in [5.74, 6) is -1.89. The Bertz CT molecular complexity index is 313. The number of H-pyrrole nitrogens is 1. The van der Waals surface area contributed by atoms with Gasteiger partial charge in [0.25, 0.3) is 0 Å². The SMILES string of the molecule is O=C([O-])c1c(O)[nH]sc1=S. The molecule has 1 aromatic heterocycles. The molecule has 0 unspecified atom stereocenters. The number of carboxylic acids is 1. The lowest BCUT2D eigenvalue weighted by Gasteiger charge is -1.95. The number of aromatic amines is 1. The molecule has 0 saturated carbocycles. The molecule has 0 radical (unpaired) electrons. The number of carbonyl (C=O) groups is 1. The molecule has 54 valence electrons. The van der Waals surface area contributed by atoms with E-state index in [4.69, 9.17) is 5.11 Å². The number of rotatable bonds is 1. The number of carbonyl (C=O) groups excluding carboxylic acids is 1. The average molecular weight is 176 g/mol. The standard InChI is InChI=1S/C4H3NO3S2/c6-2-1(3(7)8)4(9)10-5-2/h5-6H,(H,7,8)/p-1. The average Bonchev–Trinajstić information content (AvgIpc) is 2.11. The van der Waals surface area contributed by atoms with Crippen molar-refractivity contribution in [2.24, 2.45) is 0 Å². The summed E-state index contributed by atoms with van der Waals surface area (Å²) in [5, 5.41) is 18.9. The zero-order valence-corrected chi connectivity index (χ0v) is 6.21. The molecule has 0 amide bonds. The van der Waals surface area contributed by atoms with Crippen molar-refractivity contribution >= 4 is 29.7 Å². The summed E-state index contributed by atoms with van der Waals surface area (Å²) in [6, 6.07) is 0. The molecule has 6 heteroatoms. The third-order valence-corrected chi connectivity index (χ3v) is 2.02. The van der Waals surface area contributed by atoms with Crippen LogP contribution in [0.15, 0.2) is 0 Å². The molecular formula is C4H2NO3S2-. The Labute approximate surface area is 64.9 Å². The molecule has 0 fully saturated rings. The van der Waals surface area contributed by atoms with Gasteiger partial charge < -0.3 is 15.0 Å². The monoisotopic (exact) mass is 176 g/mol. The van der Waals surface area contributed by atoms with E-state index in [1.54, 1.807) is 0 Å². The predicted octanol–water partition coefficient (Wildman–Crippen LogP) is -0.125. The van der Waals surface area contributed by atoms with Gasteiger partial charge in [-0.3, -0.25) is 4.37 Å². The zero-order valence-electron chi connectivity index (χ0n) is 4.58. The van der Waals surface area contributed by atoms with Crippen molar-refractivity contribution in [2.45, 2.75) is 0 Å². The lowest BCUT2D eigenvalue weighted by atomic mass is 10.4. The highest BCUT2D eigenvalue weighted by Gasteiger charge is 2.05. The van der Waals surface area contributed by atoms with Crippen molar-refractivity contribution in [3.05, 3.63) is 9.39 Å². The van der Waals surface area contributed by atoms with Gasteiger partial charge in [-0.1, -0.05) is 12.2 Å². The maximum atomic E-state index is 10.2. The van der Waals surface area contributed by atoms with Crippen molar-refractivity contribution in [1.82, 2.24) is 4.37 Å². The summed E-state index contributed by atoms with van der Waals surface area (Å²) < 4.78 is 2.39. The number of aromatic nitrogens is 1. The van der Waals surface area contributed by atoms with E-state index in [1.165, 1.54) is 0 Å². The summed E-state index contributed by atoms with van der Waals surface area (Å²) in [4.78, 5) is 10.2. The van der Waals surface area contributed by atoms with Gasteiger partial charge in [-0.15, -0.1) is 0 Å². The van der Waals surface area contributed by atoms with Crippen LogP contribution in [-0.2, 0) is 0 Å². The van der Waals surface area contributed by atoms with Gasteiger partial charge in [0.2, 0.25) is 5.88 Å². The van der Waals surface area contributed by atoms with E-state index in [-0.39, 0.29) is 9.39 Å². The molecule has 0 spiro atoms. The Hall–Kier alpha value is -0.880. The Morgan fingerprint density at radius 1 is 1.80 bits per heavy atom. The molecule has 0 bridgehead atoms. The van der Waals surface area contributed by atoms with Crippen LogP contribution in [0.3, 0.4) is 0 Å². The number of hydrogen-bond acceptors (Lipinski definition) is 5. The van der Waals surface area contributed by atoms with E-state index in [1.807, 2.05) is 0 Å². The zero-order chi connectivity index (χ0) is 7.72. The van der Waals surface area contributed by atoms with E-state index in [2.05, 4.69) is 16.6 Å². The van der Waals surface area contributed by atoms with Crippen LogP contribution >= 0.6 is 23.8 Å². The van der Waals surface area contributed by atoms with Gasteiger partial charge in [0, 0.05) is 0 Å². The number of hydrogen-bond donors (Lipinski definition) is 2. The summed E-state index contributed by atoms with van der Waals surface area (Å²) in [6.45, 7) is 0. The first-order valence-corrected chi connectivity index (χ1v) is 3.47. The first-order chi connectivity index (χ1) is 4.63. The molecule has 0 aromatic carbocycles. The van der Waals surface area contributed by atoms with Crippen LogP contribution < -0.4 is 5.11 Å². The number of aromatic carboxylic acids is 1. The Morgan fingerprint density at radius 2 is 2.40 bits per heavy atom. The van der Waals surface area contributed by atoms with Crippen molar-refractivity contribution < 1.29 is 15.0 Å². The maximum absolute atomic E-state index is 10.2. The molecule has 1 aromatic rings. The summed E-state index contributed by atoms with van der Waals surface area (Å²) in [7, 11) is 0. The van der Waals surface area contributed by atoms with E-state index in [0.29, 0.717) is 0 Å². The third kappa shape index (κ3) is 1.03. The van der Waals surface area contributed by atoms with Crippen LogP contribution in [0.2, 0.25) is 0 Å². The third-order valence-electron chi connectivity index (χ3n) is 0.885. The molecule has 0 aliphatic rings. The maximum Gasteiger partial charge on any atom is 0.209 e. The van der Waals surface area contributed by atoms with Gasteiger partial charge in [-0.2, -0.15) is 0 Å². The van der Waals surface area contributed by atoms with Gasteiger partial charge in [-0.05, 0) is 11.5 Å². The van der Waals surface area contributed by atoms with Crippen molar-refractivity contribution in [1.29, 1.82) is 0 Å². The molecule has 0 atom stereocenters. The van der Waals surface area contributed by atoms with Crippen LogP contribution in [0.4, 0.5) is 0 Å². The molecular weight excluding hydrogens is 174 g/mol. The fourth-order valence-electron chi connectivity index (χ4n) is 0.473. The fourth-order valence-corrected chi connectivity index (χ4v) is 1.35. The minimum Gasteiger partial charge on any atom is -0.545 e. The van der Waals surface area contributed by atoms with Gasteiger partial charge in [0.15, 0.2) is 0 Å². The molecule has 10 heavy (non-hydrogen) atoms. The highest BCUT2D eigenvalue weighted by molar-refractivity contribution is 7.73. The molecule has 1 heterocycles. The summed E-state index contributed by atoms with van der Waals surface area (Å²) in [5.41, 5.74) is -0.333. The first kappa shape index (κ1) is 7.23. The minimum absolute atomic E-state index is 0.0949. The van der Waals surface area contributed by atoms with Crippen LogP contribution in [0.1, 0.15) is 10.4 Å². The van der Waals surface area contributed by atoms with E-state index < -0.39 is 11.8 Å². The molecule has 1 rings (SSSR count). The number of aromatic hydroxyl groups is 1. The summed E-state index contributed by atoms with van der Waals surface area (Å²) in [6.07, 6.45) is 0. The molecule has 2 N–H and O–H groups in total. The first-order valence-electron chi connectivity index (χ1n) is 2.24. The molecule has 4 nitrogen and oxygen atoms in total. The summed E-state index contributed by atoms with van der Waals surface area (Å²) >= 11 is 5.43. The second-order valence-electron chi connectivity index (χ2n) is 1.50. The van der Waals surface area contributed by atoms with Crippen LogP contribution in [0, 0.1) is 3.82 Å². The Morgan fingerprint density at radius 3 is 2.60 bits per heavy atom. The Balaban J connectivity index is 3.37. The quantitative estimate of drug-likeness (QED) is 0.584. The lowest BCUT2D eigenvalue weighted by Crippen LogP contribution is -2.21. The minimum atomic E-state index is -1.46. The van der Waals surface area contributed by atoms with Gasteiger partial charge in [0.05, 0.1) is 11.5 Å². The highest BCUT2D eigenvalue weighted by Crippen LogP contribution is 2.18. The second-order valence-corrected chi connectivity index (χ2v) is 2.99. The van der Waals surface area contributed by atoms with E-state index in [9.17, 15) is 9.90 Å². The van der Waals surface area contributed by atoms with Crippen molar-refractivity contribution in [2.75, 3.05) is 0 Å². The fraction of sp³-hybridized carbons (Fsp3) is 0. The number of carboxylic acid groups (broad SMARTS) is 1. The smallest absolute Gasteiger partial charge is 0.209 e. The predicted molar refractivity (Wildman–Crippen MR) is 35.5 cm³/mol. The van der Waals surface area contributed by atoms with Crippen LogP contribution in [-0.4, -0.2) is 15.4 Å². The van der Waals surface area contributed by atoms with Gasteiger partial charge >= 0.3 is 0 Å². The van der Waals surface area contributed by atoms with E-state index >= 15 is 0 Å². The number of nitrogens with one attached hydrogen (secondary N) is 1.